The zero-order chi connectivity index (χ0) is 26.4. The summed E-state index contributed by atoms with van der Waals surface area (Å²) in [6.07, 6.45) is 0.741. The van der Waals surface area contributed by atoms with Crippen LogP contribution in [-0.2, 0) is 19.5 Å². The highest BCUT2D eigenvalue weighted by molar-refractivity contribution is 5.95. The first-order valence-electron chi connectivity index (χ1n) is 11.9. The van der Waals surface area contributed by atoms with Gasteiger partial charge in [0.15, 0.2) is 0 Å². The van der Waals surface area contributed by atoms with Gasteiger partial charge in [0.25, 0.3) is 11.4 Å². The first-order valence-corrected chi connectivity index (χ1v) is 11.9. The van der Waals surface area contributed by atoms with Crippen molar-refractivity contribution in [2.24, 2.45) is 4.99 Å². The standard InChI is InChI=1S/C26H22N8O4/c1-15-2-3-16-9-17(27-22(16)8-15)12-32(13-25-28-20-6-4-18(33(35)36)10-23(20)30-25)14-26-29-21-7-5-19(34(37)38)11-24(21)31-26/h2-8,10-11H,9,12-14H2,1H3,(H,28,30)(H,29,31). The molecular weight excluding hydrogens is 488 g/mol. The summed E-state index contributed by atoms with van der Waals surface area (Å²) in [5, 5.41) is 22.3. The van der Waals surface area contributed by atoms with Crippen LogP contribution in [-0.4, -0.2) is 46.9 Å². The highest BCUT2D eigenvalue weighted by Crippen LogP contribution is 2.28. The topological polar surface area (TPSA) is 159 Å². The van der Waals surface area contributed by atoms with Gasteiger partial charge in [-0.3, -0.25) is 30.1 Å². The lowest BCUT2D eigenvalue weighted by Crippen LogP contribution is -2.30. The van der Waals surface area contributed by atoms with Gasteiger partial charge in [-0.05, 0) is 36.2 Å². The lowest BCUT2D eigenvalue weighted by Gasteiger charge is -2.20. The van der Waals surface area contributed by atoms with Crippen molar-refractivity contribution in [1.29, 1.82) is 0 Å². The van der Waals surface area contributed by atoms with Crippen LogP contribution in [0.4, 0.5) is 17.1 Å². The highest BCUT2D eigenvalue weighted by atomic mass is 16.6. The Morgan fingerprint density at radius 1 is 0.816 bits per heavy atom. The number of non-ortho nitro benzene ring substituents is 2. The number of aliphatic imine (C=N–C) groups is 1. The molecule has 1 aliphatic heterocycles. The fourth-order valence-electron chi connectivity index (χ4n) is 4.78. The SMILES string of the molecule is Cc1ccc2c(c1)N=C(CN(Cc1nc3ccc([N+](=O)[O-])cc3[nH]1)Cc1nc3ccc([N+](=O)[O-])cc3[nH]1)C2. The first-order chi connectivity index (χ1) is 18.3. The summed E-state index contributed by atoms with van der Waals surface area (Å²) in [5.41, 5.74) is 6.76. The lowest BCUT2D eigenvalue weighted by molar-refractivity contribution is -0.384. The fraction of sp³-hybridized carbons (Fsp3) is 0.192. The summed E-state index contributed by atoms with van der Waals surface area (Å²) >= 11 is 0. The molecule has 0 saturated carbocycles. The van der Waals surface area contributed by atoms with E-state index in [0.717, 1.165) is 23.4 Å². The molecule has 3 heterocycles. The summed E-state index contributed by atoms with van der Waals surface area (Å²) < 4.78 is 0. The number of aromatic amines is 2. The van der Waals surface area contributed by atoms with Crippen molar-refractivity contribution >= 4 is 44.8 Å². The number of H-pyrrole nitrogens is 2. The molecule has 6 rings (SSSR count). The Morgan fingerprint density at radius 3 is 1.95 bits per heavy atom. The van der Waals surface area contributed by atoms with Crippen molar-refractivity contribution < 1.29 is 9.85 Å². The predicted molar refractivity (Wildman–Crippen MR) is 142 cm³/mol. The summed E-state index contributed by atoms with van der Waals surface area (Å²) in [7, 11) is 0. The van der Waals surface area contributed by atoms with Crippen LogP contribution in [0.2, 0.25) is 0 Å². The molecule has 0 fully saturated rings. The van der Waals surface area contributed by atoms with Crippen LogP contribution >= 0.6 is 0 Å². The second-order valence-corrected chi connectivity index (χ2v) is 9.42. The van der Waals surface area contributed by atoms with E-state index in [1.54, 1.807) is 12.1 Å². The number of nitro benzene ring substituents is 2. The number of rotatable bonds is 8. The molecule has 0 atom stereocenters. The normalized spacial score (nSPS) is 12.8. The number of benzene rings is 3. The van der Waals surface area contributed by atoms with E-state index in [2.05, 4.69) is 43.0 Å². The molecule has 0 aliphatic carbocycles. The Labute approximate surface area is 215 Å². The molecule has 190 valence electrons. The largest absolute Gasteiger partial charge is 0.341 e. The van der Waals surface area contributed by atoms with E-state index in [-0.39, 0.29) is 11.4 Å². The van der Waals surface area contributed by atoms with E-state index in [9.17, 15) is 20.2 Å². The molecule has 0 radical (unpaired) electrons. The zero-order valence-electron chi connectivity index (χ0n) is 20.3. The van der Waals surface area contributed by atoms with Gasteiger partial charge in [-0.2, -0.15) is 0 Å². The number of fused-ring (bicyclic) bond motifs is 3. The number of imidazole rings is 2. The highest BCUT2D eigenvalue weighted by Gasteiger charge is 2.21. The minimum atomic E-state index is -0.435. The van der Waals surface area contributed by atoms with Crippen molar-refractivity contribution in [1.82, 2.24) is 24.8 Å². The number of aryl methyl sites for hydroxylation is 1. The van der Waals surface area contributed by atoms with Gasteiger partial charge in [0.1, 0.15) is 11.6 Å². The van der Waals surface area contributed by atoms with Crippen molar-refractivity contribution in [2.75, 3.05) is 6.54 Å². The number of aromatic nitrogens is 4. The third-order valence-electron chi connectivity index (χ3n) is 6.52. The second kappa shape index (κ2) is 9.16. The van der Waals surface area contributed by atoms with Gasteiger partial charge in [-0.15, -0.1) is 0 Å². The van der Waals surface area contributed by atoms with E-state index in [1.807, 2.05) is 6.92 Å². The molecule has 12 nitrogen and oxygen atoms in total. The number of hydrogen-bond acceptors (Lipinski definition) is 8. The van der Waals surface area contributed by atoms with Crippen molar-refractivity contribution in [3.8, 4) is 0 Å². The van der Waals surface area contributed by atoms with Crippen LogP contribution < -0.4 is 0 Å². The molecule has 2 aromatic heterocycles. The predicted octanol–water partition coefficient (Wildman–Crippen LogP) is 4.90. The quantitative estimate of drug-likeness (QED) is 0.222. The minimum Gasteiger partial charge on any atom is -0.341 e. The summed E-state index contributed by atoms with van der Waals surface area (Å²) in [4.78, 5) is 44.1. The van der Waals surface area contributed by atoms with E-state index in [1.165, 1.54) is 29.8 Å². The molecule has 3 aromatic carbocycles. The maximum absolute atomic E-state index is 11.2. The number of nitrogens with one attached hydrogen (secondary N) is 2. The van der Waals surface area contributed by atoms with Crippen molar-refractivity contribution in [2.45, 2.75) is 26.4 Å². The zero-order valence-corrected chi connectivity index (χ0v) is 20.3. The molecule has 38 heavy (non-hydrogen) atoms. The average molecular weight is 511 g/mol. The van der Waals surface area contributed by atoms with Gasteiger partial charge in [-0.25, -0.2) is 9.97 Å². The Balaban J connectivity index is 1.30. The van der Waals surface area contributed by atoms with Gasteiger partial charge < -0.3 is 9.97 Å². The van der Waals surface area contributed by atoms with Crippen LogP contribution in [0, 0.1) is 27.2 Å². The van der Waals surface area contributed by atoms with E-state index >= 15 is 0 Å². The van der Waals surface area contributed by atoms with Gasteiger partial charge in [0.05, 0.1) is 50.7 Å². The molecule has 0 amide bonds. The fourth-order valence-corrected chi connectivity index (χ4v) is 4.78. The molecule has 1 aliphatic rings. The second-order valence-electron chi connectivity index (χ2n) is 9.42. The molecule has 5 aromatic rings. The lowest BCUT2D eigenvalue weighted by atomic mass is 10.1. The van der Waals surface area contributed by atoms with Crippen LogP contribution in [0.3, 0.4) is 0 Å². The Hall–Kier alpha value is -4.97. The van der Waals surface area contributed by atoms with Gasteiger partial charge >= 0.3 is 0 Å². The van der Waals surface area contributed by atoms with Gasteiger partial charge in [0, 0.05) is 42.9 Å². The van der Waals surface area contributed by atoms with Crippen molar-refractivity contribution in [3.05, 3.63) is 97.6 Å². The summed E-state index contributed by atoms with van der Waals surface area (Å²) in [6, 6.07) is 15.3. The number of nitro groups is 2. The molecule has 2 N–H and O–H groups in total. The van der Waals surface area contributed by atoms with Crippen LogP contribution in [0.1, 0.15) is 22.8 Å². The number of nitrogens with zero attached hydrogens (tertiary/aromatic N) is 6. The third kappa shape index (κ3) is 4.60. The molecule has 0 unspecified atom stereocenters. The average Bonchev–Trinajstić information content (AvgIpc) is 3.57. The first kappa shape index (κ1) is 23.4. The smallest absolute Gasteiger partial charge is 0.271 e. The Morgan fingerprint density at radius 2 is 1.39 bits per heavy atom. The van der Waals surface area contributed by atoms with Gasteiger partial charge in [0.2, 0.25) is 0 Å². The Kier molecular flexibility index (Phi) is 5.65. The minimum absolute atomic E-state index is 0.00528. The monoisotopic (exact) mass is 510 g/mol. The van der Waals surface area contributed by atoms with Gasteiger partial charge in [-0.1, -0.05) is 12.1 Å². The molecule has 0 saturated heterocycles. The Bertz CT molecular complexity index is 1680. The van der Waals surface area contributed by atoms with E-state index < -0.39 is 9.85 Å². The third-order valence-corrected chi connectivity index (χ3v) is 6.52. The molecule has 12 heteroatoms. The van der Waals surface area contributed by atoms with Crippen LogP contribution in [0.5, 0.6) is 0 Å². The van der Waals surface area contributed by atoms with E-state index in [4.69, 9.17) is 4.99 Å². The van der Waals surface area contributed by atoms with E-state index in [0.29, 0.717) is 53.3 Å². The number of hydrogen-bond donors (Lipinski definition) is 2. The van der Waals surface area contributed by atoms with Crippen LogP contribution in [0.15, 0.2) is 59.6 Å². The molecule has 0 spiro atoms. The summed E-state index contributed by atoms with van der Waals surface area (Å²) in [5.74, 6) is 1.30. The summed E-state index contributed by atoms with van der Waals surface area (Å²) in [6.45, 7) is 3.40. The molecular formula is C26H22N8O4. The van der Waals surface area contributed by atoms with Crippen LogP contribution in [0.25, 0.3) is 22.1 Å². The maximum atomic E-state index is 11.2. The van der Waals surface area contributed by atoms with Crippen molar-refractivity contribution in [3.63, 3.8) is 0 Å². The maximum Gasteiger partial charge on any atom is 0.271 e. The molecule has 0 bridgehead atoms.